The second kappa shape index (κ2) is 8.89. The van der Waals surface area contributed by atoms with Crippen LogP contribution in [0.3, 0.4) is 0 Å². The fourth-order valence-electron chi connectivity index (χ4n) is 2.39. The Bertz CT molecular complexity index is 715. The summed E-state index contributed by atoms with van der Waals surface area (Å²) < 4.78 is 40.9. The number of nitrogens with zero attached hydrogens (tertiary/aromatic N) is 3. The first-order valence-corrected chi connectivity index (χ1v) is 8.36. The number of ether oxygens (including phenoxy) is 1. The SMILES string of the molecule is CC.CC(C)=C1C=C(c2ccc(OC(F)(F)F)cc2C)C=NN1N(C)C. The molecule has 1 aromatic rings. The van der Waals surface area contributed by atoms with Crippen molar-refractivity contribution in [2.24, 2.45) is 5.10 Å². The summed E-state index contributed by atoms with van der Waals surface area (Å²) in [4.78, 5) is 0. The molecule has 2 rings (SSSR count). The van der Waals surface area contributed by atoms with Crippen LogP contribution in [0.1, 0.15) is 38.8 Å². The Kier molecular flexibility index (Phi) is 7.44. The molecule has 0 spiro atoms. The van der Waals surface area contributed by atoms with Gasteiger partial charge in [-0.05, 0) is 55.7 Å². The summed E-state index contributed by atoms with van der Waals surface area (Å²) in [5.41, 5.74) is 4.33. The van der Waals surface area contributed by atoms with Crippen LogP contribution >= 0.6 is 0 Å². The molecule has 4 nitrogen and oxygen atoms in total. The molecule has 144 valence electrons. The van der Waals surface area contributed by atoms with Crippen LogP contribution in [0.4, 0.5) is 13.2 Å². The Labute approximate surface area is 153 Å². The van der Waals surface area contributed by atoms with E-state index in [0.717, 1.165) is 22.4 Å². The highest BCUT2D eigenvalue weighted by Gasteiger charge is 2.31. The number of hydrazone groups is 1. The lowest BCUT2D eigenvalue weighted by atomic mass is 9.99. The standard InChI is InChI=1S/C17H20F3N3O.C2H6/c1-11(2)16-9-13(10-21-23(16)22(4)5)15-7-6-14(8-12(15)3)24-17(18,19)20;1-2/h6-10H,1-5H3;1-2H3. The van der Waals surface area contributed by atoms with Gasteiger partial charge in [0.2, 0.25) is 0 Å². The van der Waals surface area contributed by atoms with E-state index in [-0.39, 0.29) is 5.75 Å². The number of allylic oxidation sites excluding steroid dienone is 3. The van der Waals surface area contributed by atoms with E-state index in [1.807, 2.05) is 52.9 Å². The van der Waals surface area contributed by atoms with E-state index in [1.165, 1.54) is 12.1 Å². The second-order valence-corrected chi connectivity index (χ2v) is 5.89. The lowest BCUT2D eigenvalue weighted by Crippen LogP contribution is -2.33. The van der Waals surface area contributed by atoms with Gasteiger partial charge < -0.3 is 4.74 Å². The van der Waals surface area contributed by atoms with Gasteiger partial charge in [0.1, 0.15) is 5.75 Å². The fraction of sp³-hybridized carbons (Fsp3) is 0.421. The second-order valence-electron chi connectivity index (χ2n) is 5.89. The zero-order valence-corrected chi connectivity index (χ0v) is 16.3. The maximum absolute atomic E-state index is 12.3. The Morgan fingerprint density at radius 1 is 1.15 bits per heavy atom. The molecule has 0 aromatic heterocycles. The Balaban J connectivity index is 0.00000163. The quantitative estimate of drug-likeness (QED) is 0.716. The van der Waals surface area contributed by atoms with Crippen LogP contribution in [0.2, 0.25) is 0 Å². The summed E-state index contributed by atoms with van der Waals surface area (Å²) in [6, 6.07) is 4.30. The molecule has 1 aromatic carbocycles. The van der Waals surface area contributed by atoms with Gasteiger partial charge >= 0.3 is 6.36 Å². The topological polar surface area (TPSA) is 28.1 Å². The van der Waals surface area contributed by atoms with Gasteiger partial charge in [-0.2, -0.15) is 10.2 Å². The van der Waals surface area contributed by atoms with Gasteiger partial charge in [0.15, 0.2) is 0 Å². The molecule has 1 heterocycles. The molecule has 0 saturated heterocycles. The lowest BCUT2D eigenvalue weighted by Gasteiger charge is -2.30. The molecule has 0 N–H and O–H groups in total. The third kappa shape index (κ3) is 5.62. The maximum Gasteiger partial charge on any atom is 0.573 e. The largest absolute Gasteiger partial charge is 0.573 e. The lowest BCUT2D eigenvalue weighted by molar-refractivity contribution is -0.274. The van der Waals surface area contributed by atoms with E-state index in [1.54, 1.807) is 24.3 Å². The van der Waals surface area contributed by atoms with Crippen LogP contribution < -0.4 is 4.74 Å². The van der Waals surface area contributed by atoms with Crippen LogP contribution in [0.25, 0.3) is 5.57 Å². The Morgan fingerprint density at radius 3 is 2.23 bits per heavy atom. The van der Waals surface area contributed by atoms with Crippen LogP contribution in [0, 0.1) is 6.92 Å². The van der Waals surface area contributed by atoms with Crippen LogP contribution in [-0.2, 0) is 0 Å². The fourth-order valence-corrected chi connectivity index (χ4v) is 2.39. The number of aryl methyl sites for hydroxylation is 1. The van der Waals surface area contributed by atoms with Crippen molar-refractivity contribution in [3.05, 3.63) is 46.7 Å². The van der Waals surface area contributed by atoms with Gasteiger partial charge in [0.05, 0.1) is 11.9 Å². The van der Waals surface area contributed by atoms with Gasteiger partial charge in [-0.3, -0.25) is 0 Å². The van der Waals surface area contributed by atoms with Gasteiger partial charge in [-0.1, -0.05) is 19.9 Å². The molecular formula is C19H26F3N3O. The highest BCUT2D eigenvalue weighted by atomic mass is 19.4. The Morgan fingerprint density at radius 2 is 1.77 bits per heavy atom. The first-order chi connectivity index (χ1) is 12.1. The number of hydrogen-bond acceptors (Lipinski definition) is 4. The van der Waals surface area contributed by atoms with Crippen LogP contribution in [0.5, 0.6) is 5.75 Å². The normalized spacial score (nSPS) is 14.0. The number of hydrogen-bond donors (Lipinski definition) is 0. The van der Waals surface area contributed by atoms with E-state index in [0.29, 0.717) is 5.56 Å². The summed E-state index contributed by atoms with van der Waals surface area (Å²) in [7, 11) is 3.77. The van der Waals surface area contributed by atoms with E-state index < -0.39 is 6.36 Å². The maximum atomic E-state index is 12.3. The van der Waals surface area contributed by atoms with Crippen molar-refractivity contribution >= 4 is 11.8 Å². The number of alkyl halides is 3. The van der Waals surface area contributed by atoms with Gasteiger partial charge in [-0.15, -0.1) is 13.2 Å². The van der Waals surface area contributed by atoms with E-state index in [2.05, 4.69) is 9.84 Å². The summed E-state index contributed by atoms with van der Waals surface area (Å²) in [6.45, 7) is 9.70. The molecule has 0 atom stereocenters. The zero-order chi connectivity index (χ0) is 20.1. The third-order valence-corrected chi connectivity index (χ3v) is 3.45. The van der Waals surface area contributed by atoms with Crippen molar-refractivity contribution in [2.45, 2.75) is 41.0 Å². The summed E-state index contributed by atoms with van der Waals surface area (Å²) in [5.74, 6) is -0.227. The average Bonchev–Trinajstić information content (AvgIpc) is 2.54. The van der Waals surface area contributed by atoms with E-state index in [9.17, 15) is 13.2 Å². The minimum absolute atomic E-state index is 0.227. The van der Waals surface area contributed by atoms with Crippen molar-refractivity contribution in [3.63, 3.8) is 0 Å². The predicted octanol–water partition coefficient (Wildman–Crippen LogP) is 5.38. The number of hydrazine groups is 1. The molecule has 0 unspecified atom stereocenters. The Hall–Kier alpha value is -2.28. The smallest absolute Gasteiger partial charge is 0.406 e. The minimum Gasteiger partial charge on any atom is -0.406 e. The molecule has 0 fully saturated rings. The monoisotopic (exact) mass is 369 g/mol. The van der Waals surface area contributed by atoms with Crippen LogP contribution in [-0.4, -0.2) is 36.8 Å². The molecule has 0 radical (unpaired) electrons. The highest BCUT2D eigenvalue weighted by molar-refractivity contribution is 6.11. The van der Waals surface area contributed by atoms with Gasteiger partial charge in [-0.25, -0.2) is 5.01 Å². The first kappa shape index (κ1) is 21.8. The highest BCUT2D eigenvalue weighted by Crippen LogP contribution is 2.30. The summed E-state index contributed by atoms with van der Waals surface area (Å²) >= 11 is 0. The third-order valence-electron chi connectivity index (χ3n) is 3.45. The molecule has 26 heavy (non-hydrogen) atoms. The summed E-state index contributed by atoms with van der Waals surface area (Å²) in [6.07, 6.45) is -1.03. The molecule has 1 aliphatic heterocycles. The zero-order valence-electron chi connectivity index (χ0n) is 16.3. The molecule has 0 bridgehead atoms. The number of benzene rings is 1. The van der Waals surface area contributed by atoms with Gasteiger partial charge in [0, 0.05) is 19.7 Å². The first-order valence-electron chi connectivity index (χ1n) is 8.36. The predicted molar refractivity (Wildman–Crippen MR) is 99.6 cm³/mol. The van der Waals surface area contributed by atoms with Crippen LogP contribution in [0.15, 0.2) is 40.6 Å². The van der Waals surface area contributed by atoms with Crippen molar-refractivity contribution in [1.29, 1.82) is 0 Å². The average molecular weight is 369 g/mol. The molecule has 0 saturated carbocycles. The summed E-state index contributed by atoms with van der Waals surface area (Å²) in [5, 5.41) is 8.01. The molecule has 7 heteroatoms. The van der Waals surface area contributed by atoms with Crippen molar-refractivity contribution in [2.75, 3.05) is 14.1 Å². The van der Waals surface area contributed by atoms with E-state index in [4.69, 9.17) is 0 Å². The molecule has 0 amide bonds. The number of halogens is 3. The number of rotatable bonds is 3. The van der Waals surface area contributed by atoms with E-state index >= 15 is 0 Å². The van der Waals surface area contributed by atoms with Crippen molar-refractivity contribution in [1.82, 2.24) is 10.1 Å². The minimum atomic E-state index is -4.69. The van der Waals surface area contributed by atoms with Crippen molar-refractivity contribution in [3.8, 4) is 5.75 Å². The van der Waals surface area contributed by atoms with Gasteiger partial charge in [0.25, 0.3) is 0 Å². The van der Waals surface area contributed by atoms with Crippen molar-refractivity contribution < 1.29 is 17.9 Å². The molecule has 1 aliphatic rings. The molecule has 0 aliphatic carbocycles. The molecular weight excluding hydrogens is 343 g/mol.